The minimum atomic E-state index is -4.51. The summed E-state index contributed by atoms with van der Waals surface area (Å²) in [6.45, 7) is 5.41. The van der Waals surface area contributed by atoms with E-state index in [4.69, 9.17) is 21.5 Å². The van der Waals surface area contributed by atoms with Gasteiger partial charge < -0.3 is 19.9 Å². The first-order valence-electron chi connectivity index (χ1n) is 11.9. The number of ether oxygens (including phenoxy) is 1. The van der Waals surface area contributed by atoms with Gasteiger partial charge in [-0.05, 0) is 35.4 Å². The molecule has 0 radical (unpaired) electrons. The maximum atomic E-state index is 14.5. The van der Waals surface area contributed by atoms with E-state index in [1.165, 1.54) is 15.9 Å². The Hall–Kier alpha value is -3.62. The summed E-state index contributed by atoms with van der Waals surface area (Å²) in [6.07, 6.45) is -0.658. The average molecular weight is 598 g/mol. The van der Waals surface area contributed by atoms with E-state index in [-0.39, 0.29) is 49.5 Å². The summed E-state index contributed by atoms with van der Waals surface area (Å²) in [7, 11) is -4.51. The van der Waals surface area contributed by atoms with Crippen molar-refractivity contribution in [2.45, 2.75) is 32.3 Å². The second-order valence-corrected chi connectivity index (χ2v) is 12.3. The van der Waals surface area contributed by atoms with Crippen molar-refractivity contribution in [3.05, 3.63) is 63.5 Å². The molecule has 11 nitrogen and oxygen atoms in total. The molecule has 0 atom stereocenters. The highest BCUT2D eigenvalue weighted by atomic mass is 35.5. The lowest BCUT2D eigenvalue weighted by molar-refractivity contribution is -0.123. The summed E-state index contributed by atoms with van der Waals surface area (Å²) in [5.74, 6) is -3.65. The van der Waals surface area contributed by atoms with Crippen molar-refractivity contribution in [1.29, 1.82) is 0 Å². The molecule has 40 heavy (non-hydrogen) atoms. The number of nitrogens with one attached hydrogen (secondary N) is 1. The van der Waals surface area contributed by atoms with Crippen molar-refractivity contribution in [2.75, 3.05) is 31.5 Å². The van der Waals surface area contributed by atoms with E-state index in [0.29, 0.717) is 17.8 Å². The Balaban J connectivity index is 1.36. The van der Waals surface area contributed by atoms with Gasteiger partial charge >= 0.3 is 6.09 Å². The van der Waals surface area contributed by atoms with Crippen LogP contribution in [0.2, 0.25) is 5.15 Å². The monoisotopic (exact) mass is 597 g/mol. The third-order valence-electron chi connectivity index (χ3n) is 6.33. The topological polar surface area (TPSA) is 152 Å². The van der Waals surface area contributed by atoms with Crippen LogP contribution in [0.5, 0.6) is 0 Å². The third kappa shape index (κ3) is 6.24. The molecule has 0 spiro atoms. The Morgan fingerprint density at radius 2 is 1.65 bits per heavy atom. The molecule has 0 fully saturated rings. The number of hydrogen-bond donors (Lipinski definition) is 2. The van der Waals surface area contributed by atoms with Crippen LogP contribution in [-0.2, 0) is 26.2 Å². The van der Waals surface area contributed by atoms with Crippen LogP contribution in [0, 0.1) is 17.0 Å². The molecule has 1 aromatic heterocycles. The molecule has 0 saturated heterocycles. The van der Waals surface area contributed by atoms with Crippen LogP contribution < -0.4 is 10.5 Å². The lowest BCUT2D eigenvalue weighted by atomic mass is 9.95. The number of benzene rings is 1. The average Bonchev–Trinajstić information content (AvgIpc) is 3.43. The van der Waals surface area contributed by atoms with Gasteiger partial charge in [0.2, 0.25) is 15.9 Å². The maximum Gasteiger partial charge on any atom is 0.410 e. The van der Waals surface area contributed by atoms with E-state index in [9.17, 15) is 31.6 Å². The minimum absolute atomic E-state index is 0.0643. The number of nitrogens with two attached hydrogens (primary N) is 1. The first kappa shape index (κ1) is 29.4. The lowest BCUT2D eigenvalue weighted by Crippen LogP contribution is -2.37. The maximum absolute atomic E-state index is 14.5. The second kappa shape index (κ2) is 10.7. The summed E-state index contributed by atoms with van der Waals surface area (Å²) in [4.78, 5) is 43.8. The molecule has 0 saturated carbocycles. The minimum Gasteiger partial charge on any atom is -0.443 e. The van der Waals surface area contributed by atoms with Crippen molar-refractivity contribution in [2.24, 2.45) is 10.6 Å². The molecule has 3 heterocycles. The van der Waals surface area contributed by atoms with E-state index in [1.807, 2.05) is 0 Å². The lowest BCUT2D eigenvalue weighted by Gasteiger charge is -2.23. The quantitative estimate of drug-likeness (QED) is 0.397. The highest BCUT2D eigenvalue weighted by molar-refractivity contribution is 7.89. The number of amides is 3. The number of rotatable bonds is 5. The van der Waals surface area contributed by atoms with Crippen LogP contribution in [0.25, 0.3) is 0 Å². The third-order valence-corrected chi connectivity index (χ3v) is 7.47. The van der Waals surface area contributed by atoms with Crippen LogP contribution in [0.15, 0.2) is 40.3 Å². The molecule has 2 aliphatic rings. The molecule has 2 aromatic rings. The highest BCUT2D eigenvalue weighted by Crippen LogP contribution is 2.29. The number of carbonyl (C=O) groups is 3. The Labute approximate surface area is 234 Å². The number of primary sulfonamides is 1. The number of anilines is 1. The highest BCUT2D eigenvalue weighted by Gasteiger charge is 2.36. The van der Waals surface area contributed by atoms with Crippen molar-refractivity contribution in [1.82, 2.24) is 14.8 Å². The van der Waals surface area contributed by atoms with Crippen LogP contribution in [0.1, 0.15) is 36.8 Å². The van der Waals surface area contributed by atoms with Gasteiger partial charge in [-0.25, -0.2) is 32.1 Å². The Kier molecular flexibility index (Phi) is 7.89. The molecule has 3 N–H and O–H groups in total. The molecule has 214 valence electrons. The van der Waals surface area contributed by atoms with Crippen molar-refractivity contribution in [3.8, 4) is 0 Å². The van der Waals surface area contributed by atoms with Gasteiger partial charge in [-0.3, -0.25) is 9.59 Å². The van der Waals surface area contributed by atoms with Gasteiger partial charge in [-0.1, -0.05) is 32.4 Å². The molecular weight excluding hydrogens is 572 g/mol. The zero-order valence-electron chi connectivity index (χ0n) is 21.8. The zero-order valence-corrected chi connectivity index (χ0v) is 23.3. The fraction of sp³-hybridized carbons (Fsp3) is 0.360. The number of carbonyl (C=O) groups excluding carboxylic acids is 3. The fourth-order valence-corrected chi connectivity index (χ4v) is 4.93. The number of halogens is 3. The predicted octanol–water partition coefficient (Wildman–Crippen LogP) is 3.05. The van der Waals surface area contributed by atoms with Crippen molar-refractivity contribution < 1.29 is 36.3 Å². The van der Waals surface area contributed by atoms with E-state index < -0.39 is 49.5 Å². The van der Waals surface area contributed by atoms with Crippen LogP contribution >= 0.6 is 11.6 Å². The Morgan fingerprint density at radius 3 is 2.23 bits per heavy atom. The molecule has 0 bridgehead atoms. The summed E-state index contributed by atoms with van der Waals surface area (Å²) < 4.78 is 56.9. The summed E-state index contributed by atoms with van der Waals surface area (Å²) in [5.41, 5.74) is 0.800. The number of pyridine rings is 1. The van der Waals surface area contributed by atoms with Gasteiger partial charge in [-0.2, -0.15) is 0 Å². The van der Waals surface area contributed by atoms with Crippen molar-refractivity contribution in [3.63, 3.8) is 0 Å². The van der Waals surface area contributed by atoms with Gasteiger partial charge in [0.05, 0.1) is 11.3 Å². The van der Waals surface area contributed by atoms with E-state index in [1.54, 1.807) is 26.8 Å². The molecular formula is C25H26ClF2N5O6S. The normalized spacial score (nSPS) is 15.4. The van der Waals surface area contributed by atoms with E-state index >= 15 is 0 Å². The predicted molar refractivity (Wildman–Crippen MR) is 140 cm³/mol. The number of sulfonamides is 1. The smallest absolute Gasteiger partial charge is 0.410 e. The molecule has 0 unspecified atom stereocenters. The molecule has 2 aliphatic heterocycles. The molecule has 4 rings (SSSR count). The van der Waals surface area contributed by atoms with Crippen molar-refractivity contribution >= 4 is 45.2 Å². The van der Waals surface area contributed by atoms with E-state index in [0.717, 1.165) is 11.1 Å². The first-order chi connectivity index (χ1) is 18.5. The Morgan fingerprint density at radius 1 is 1.05 bits per heavy atom. The van der Waals surface area contributed by atoms with Gasteiger partial charge in [0.1, 0.15) is 34.0 Å². The van der Waals surface area contributed by atoms with Crippen LogP contribution in [-0.4, -0.2) is 67.3 Å². The van der Waals surface area contributed by atoms with Gasteiger partial charge in [-0.15, -0.1) is 0 Å². The Bertz CT molecular complexity index is 1540. The van der Waals surface area contributed by atoms with Gasteiger partial charge in [0.15, 0.2) is 0 Å². The summed E-state index contributed by atoms with van der Waals surface area (Å²) in [6, 6.07) is 3.95. The molecule has 0 aliphatic carbocycles. The van der Waals surface area contributed by atoms with Crippen LogP contribution in [0.4, 0.5) is 19.3 Å². The van der Waals surface area contributed by atoms with Crippen LogP contribution in [0.3, 0.4) is 0 Å². The number of nitrogens with zero attached hydrogens (tertiary/aromatic N) is 3. The fourth-order valence-electron chi connectivity index (χ4n) is 4.16. The molecule has 1 aromatic carbocycles. The molecule has 15 heteroatoms. The SMILES string of the molecule is CC(C)(C)C(=O)Nc1ccc(Cl)nc1COC(=O)N1CC2=C(C1)CN(C(=O)c1cc(F)c(S(N)(=O)=O)cc1F)C2. The summed E-state index contributed by atoms with van der Waals surface area (Å²) >= 11 is 5.99. The molecule has 3 amide bonds. The standard InChI is InChI=1S/C25H26ClF2N5O6S/c1-25(2,3)23(35)31-18-4-5-21(26)30-19(18)12-39-24(36)33-10-13-8-32(9-14(13)11-33)22(34)15-6-17(28)20(7-16(15)27)40(29,37)38/h4-7H,8-12H2,1-3H3,(H,31,35)(H2,29,37,38). The zero-order chi connectivity index (χ0) is 29.6. The first-order valence-corrected chi connectivity index (χ1v) is 13.9. The largest absolute Gasteiger partial charge is 0.443 e. The second-order valence-electron chi connectivity index (χ2n) is 10.4. The van der Waals surface area contributed by atoms with E-state index in [2.05, 4.69) is 10.3 Å². The number of aromatic nitrogens is 1. The van der Waals surface area contributed by atoms with Gasteiger partial charge in [0, 0.05) is 31.6 Å². The van der Waals surface area contributed by atoms with Gasteiger partial charge in [0.25, 0.3) is 5.91 Å². The summed E-state index contributed by atoms with van der Waals surface area (Å²) in [5, 5.41) is 7.78. The number of hydrogen-bond acceptors (Lipinski definition) is 7.